The minimum Gasteiger partial charge on any atom is -0.321 e. The highest BCUT2D eigenvalue weighted by atomic mass is 16.1. The molecule has 0 aliphatic heterocycles. The summed E-state index contributed by atoms with van der Waals surface area (Å²) < 4.78 is 0. The van der Waals surface area contributed by atoms with E-state index in [2.05, 4.69) is 32.2 Å². The molecular weight excluding hydrogens is 230 g/mol. The fraction of sp³-hybridized carbons (Fsp3) is 0.500. The number of H-pyrrole nitrogens is 1. The fourth-order valence-electron chi connectivity index (χ4n) is 1.73. The van der Waals surface area contributed by atoms with Crippen LogP contribution in [0.4, 0.5) is 5.95 Å². The number of aromatic nitrogens is 4. The van der Waals surface area contributed by atoms with Crippen molar-refractivity contribution >= 4 is 23.0 Å². The van der Waals surface area contributed by atoms with Crippen molar-refractivity contribution in [2.45, 2.75) is 39.0 Å². The summed E-state index contributed by atoms with van der Waals surface area (Å²) in [7, 11) is 0. The number of rotatable bonds is 6. The first-order valence-corrected chi connectivity index (χ1v) is 6.25. The van der Waals surface area contributed by atoms with Crippen LogP contribution < -0.4 is 5.32 Å². The summed E-state index contributed by atoms with van der Waals surface area (Å²) in [6.07, 6.45) is 7.95. The van der Waals surface area contributed by atoms with E-state index in [1.165, 1.54) is 19.2 Å². The smallest absolute Gasteiger partial charge is 0.226 e. The third-order valence-corrected chi connectivity index (χ3v) is 2.68. The molecule has 1 amide bonds. The van der Waals surface area contributed by atoms with E-state index < -0.39 is 0 Å². The number of aromatic amines is 1. The van der Waals surface area contributed by atoms with Gasteiger partial charge in [-0.15, -0.1) is 0 Å². The Morgan fingerprint density at radius 3 is 3.06 bits per heavy atom. The van der Waals surface area contributed by atoms with Gasteiger partial charge in [0.05, 0.1) is 6.20 Å². The molecule has 0 unspecified atom stereocenters. The first kappa shape index (κ1) is 12.5. The van der Waals surface area contributed by atoms with Gasteiger partial charge in [0.2, 0.25) is 11.9 Å². The molecule has 2 aromatic heterocycles. The lowest BCUT2D eigenvalue weighted by molar-refractivity contribution is -0.116. The second-order valence-electron chi connectivity index (χ2n) is 4.20. The molecule has 6 nitrogen and oxygen atoms in total. The van der Waals surface area contributed by atoms with Gasteiger partial charge in [-0.2, -0.15) is 4.98 Å². The number of nitrogens with one attached hydrogen (secondary N) is 2. The molecule has 0 saturated heterocycles. The van der Waals surface area contributed by atoms with Crippen LogP contribution in [0, 0.1) is 0 Å². The molecule has 2 rings (SSSR count). The number of amides is 1. The molecule has 0 bridgehead atoms. The zero-order chi connectivity index (χ0) is 12.8. The quantitative estimate of drug-likeness (QED) is 0.767. The van der Waals surface area contributed by atoms with Crippen LogP contribution in [0.15, 0.2) is 12.5 Å². The number of nitrogens with zero attached hydrogens (tertiary/aromatic N) is 3. The van der Waals surface area contributed by atoms with Crippen LogP contribution in [0.25, 0.3) is 11.2 Å². The standard InChI is InChI=1S/C12H17N5O/c1-2-3-4-5-6-10(18)16-12-15-9-7-13-8-14-11(9)17-12/h7-8H,2-6H2,1H3,(H2,13,14,15,16,17,18). The van der Waals surface area contributed by atoms with Crippen LogP contribution in [0.1, 0.15) is 39.0 Å². The first-order chi connectivity index (χ1) is 8.79. The summed E-state index contributed by atoms with van der Waals surface area (Å²) in [5, 5.41) is 2.73. The Morgan fingerprint density at radius 2 is 2.28 bits per heavy atom. The lowest BCUT2D eigenvalue weighted by Gasteiger charge is -2.00. The molecule has 2 aromatic rings. The molecule has 0 aromatic carbocycles. The van der Waals surface area contributed by atoms with E-state index in [0.29, 0.717) is 18.0 Å². The number of fused-ring (bicyclic) bond motifs is 1. The zero-order valence-corrected chi connectivity index (χ0v) is 10.4. The molecule has 0 radical (unpaired) electrons. The van der Waals surface area contributed by atoms with Crippen molar-refractivity contribution in [2.75, 3.05) is 5.32 Å². The monoisotopic (exact) mass is 247 g/mol. The molecule has 18 heavy (non-hydrogen) atoms. The summed E-state index contributed by atoms with van der Waals surface area (Å²) in [6.45, 7) is 2.15. The minimum absolute atomic E-state index is 0.0156. The van der Waals surface area contributed by atoms with Gasteiger partial charge in [0.25, 0.3) is 0 Å². The highest BCUT2D eigenvalue weighted by Gasteiger charge is 2.07. The minimum atomic E-state index is -0.0156. The van der Waals surface area contributed by atoms with Gasteiger partial charge in [0.15, 0.2) is 5.65 Å². The van der Waals surface area contributed by atoms with Crippen LogP contribution in [-0.4, -0.2) is 25.8 Å². The maximum absolute atomic E-state index is 11.6. The molecule has 0 fully saturated rings. The lowest BCUT2D eigenvalue weighted by atomic mass is 10.1. The van der Waals surface area contributed by atoms with Gasteiger partial charge >= 0.3 is 0 Å². The highest BCUT2D eigenvalue weighted by molar-refractivity contribution is 5.90. The van der Waals surface area contributed by atoms with Gasteiger partial charge in [-0.3, -0.25) is 10.1 Å². The van der Waals surface area contributed by atoms with E-state index in [4.69, 9.17) is 0 Å². The van der Waals surface area contributed by atoms with E-state index >= 15 is 0 Å². The van der Waals surface area contributed by atoms with Crippen LogP contribution in [0.3, 0.4) is 0 Å². The van der Waals surface area contributed by atoms with Crippen LogP contribution >= 0.6 is 0 Å². The SMILES string of the molecule is CCCCCCC(=O)Nc1nc2ncncc2[nH]1. The second kappa shape index (κ2) is 6.09. The molecule has 2 N–H and O–H groups in total. The number of carbonyl (C=O) groups is 1. The molecule has 0 spiro atoms. The number of anilines is 1. The van der Waals surface area contributed by atoms with Gasteiger partial charge in [0, 0.05) is 6.42 Å². The molecule has 0 aliphatic carbocycles. The topological polar surface area (TPSA) is 83.6 Å². The van der Waals surface area contributed by atoms with E-state index in [-0.39, 0.29) is 5.91 Å². The van der Waals surface area contributed by atoms with Gasteiger partial charge in [0.1, 0.15) is 11.8 Å². The van der Waals surface area contributed by atoms with Crippen molar-refractivity contribution < 1.29 is 4.79 Å². The molecule has 0 aliphatic rings. The summed E-state index contributed by atoms with van der Waals surface area (Å²) >= 11 is 0. The Labute approximate surface area is 105 Å². The Hall–Kier alpha value is -1.98. The van der Waals surface area contributed by atoms with Crippen molar-refractivity contribution in [1.29, 1.82) is 0 Å². The average Bonchev–Trinajstić information content (AvgIpc) is 2.76. The Bertz CT molecular complexity index is 489. The van der Waals surface area contributed by atoms with Gasteiger partial charge < -0.3 is 4.98 Å². The summed E-state index contributed by atoms with van der Waals surface area (Å²) in [5.74, 6) is 0.420. The third kappa shape index (κ3) is 3.26. The van der Waals surface area contributed by atoms with E-state index in [1.54, 1.807) is 6.20 Å². The predicted molar refractivity (Wildman–Crippen MR) is 69.1 cm³/mol. The predicted octanol–water partition coefficient (Wildman–Crippen LogP) is 2.26. The van der Waals surface area contributed by atoms with E-state index in [0.717, 1.165) is 18.4 Å². The maximum atomic E-state index is 11.6. The second-order valence-corrected chi connectivity index (χ2v) is 4.20. The number of unbranched alkanes of at least 4 members (excludes halogenated alkanes) is 3. The molecular formula is C12H17N5O. The highest BCUT2D eigenvalue weighted by Crippen LogP contribution is 2.10. The van der Waals surface area contributed by atoms with Crippen molar-refractivity contribution in [3.05, 3.63) is 12.5 Å². The first-order valence-electron chi connectivity index (χ1n) is 6.25. The van der Waals surface area contributed by atoms with Gasteiger partial charge in [-0.05, 0) is 6.42 Å². The van der Waals surface area contributed by atoms with Crippen molar-refractivity contribution in [3.63, 3.8) is 0 Å². The number of hydrogen-bond donors (Lipinski definition) is 2. The summed E-state index contributed by atoms with van der Waals surface area (Å²) in [4.78, 5) is 26.6. The van der Waals surface area contributed by atoms with Crippen LogP contribution in [-0.2, 0) is 4.79 Å². The lowest BCUT2D eigenvalue weighted by Crippen LogP contribution is -2.12. The number of imidazole rings is 1. The Kier molecular flexibility index (Phi) is 4.22. The number of hydrogen-bond acceptors (Lipinski definition) is 4. The molecule has 0 atom stereocenters. The van der Waals surface area contributed by atoms with Crippen LogP contribution in [0.5, 0.6) is 0 Å². The summed E-state index contributed by atoms with van der Waals surface area (Å²) in [5.41, 5.74) is 1.28. The van der Waals surface area contributed by atoms with Gasteiger partial charge in [-0.25, -0.2) is 9.97 Å². The average molecular weight is 247 g/mol. The largest absolute Gasteiger partial charge is 0.321 e. The summed E-state index contributed by atoms with van der Waals surface area (Å²) in [6, 6.07) is 0. The molecule has 2 heterocycles. The Morgan fingerprint density at radius 1 is 1.39 bits per heavy atom. The molecule has 0 saturated carbocycles. The van der Waals surface area contributed by atoms with Crippen molar-refractivity contribution in [3.8, 4) is 0 Å². The van der Waals surface area contributed by atoms with E-state index in [9.17, 15) is 4.79 Å². The zero-order valence-electron chi connectivity index (χ0n) is 10.4. The normalized spacial score (nSPS) is 10.7. The molecule has 96 valence electrons. The van der Waals surface area contributed by atoms with Gasteiger partial charge in [-0.1, -0.05) is 26.2 Å². The number of carbonyl (C=O) groups excluding carboxylic acids is 1. The van der Waals surface area contributed by atoms with Crippen molar-refractivity contribution in [2.24, 2.45) is 0 Å². The Balaban J connectivity index is 1.86. The molecule has 6 heteroatoms. The fourth-order valence-corrected chi connectivity index (χ4v) is 1.73. The third-order valence-electron chi connectivity index (χ3n) is 2.68. The van der Waals surface area contributed by atoms with Crippen molar-refractivity contribution in [1.82, 2.24) is 19.9 Å². The van der Waals surface area contributed by atoms with Crippen LogP contribution in [0.2, 0.25) is 0 Å². The maximum Gasteiger partial charge on any atom is 0.226 e. The van der Waals surface area contributed by atoms with E-state index in [1.807, 2.05) is 0 Å².